The highest BCUT2D eigenvalue weighted by atomic mass is 16.5. The van der Waals surface area contributed by atoms with Crippen molar-refractivity contribution < 1.29 is 24.2 Å². The molecule has 0 spiro atoms. The molecule has 1 aromatic rings. The summed E-state index contributed by atoms with van der Waals surface area (Å²) < 4.78 is 10.6. The molecule has 2 unspecified atom stereocenters. The van der Waals surface area contributed by atoms with Gasteiger partial charge in [0.2, 0.25) is 5.91 Å². The van der Waals surface area contributed by atoms with Crippen LogP contribution in [0.25, 0.3) is 0 Å². The number of carbonyl (C=O) groups is 2. The van der Waals surface area contributed by atoms with E-state index in [2.05, 4.69) is 0 Å². The molecule has 1 amide bonds. The van der Waals surface area contributed by atoms with E-state index < -0.39 is 12.1 Å². The zero-order valence-corrected chi connectivity index (χ0v) is 13.5. The minimum absolute atomic E-state index is 0.0244. The molecule has 1 aliphatic heterocycles. The zero-order valence-electron chi connectivity index (χ0n) is 13.5. The number of carboxylic acids is 1. The fourth-order valence-corrected chi connectivity index (χ4v) is 2.85. The van der Waals surface area contributed by atoms with Crippen molar-refractivity contribution in [2.24, 2.45) is 0 Å². The van der Waals surface area contributed by atoms with Crippen LogP contribution in [0, 0.1) is 0 Å². The number of aliphatic carboxylic acids is 1. The number of hydrogen-bond acceptors (Lipinski definition) is 4. The normalized spacial score (nSPS) is 19.2. The summed E-state index contributed by atoms with van der Waals surface area (Å²) in [6.45, 7) is 3.18. The molecule has 6 nitrogen and oxygen atoms in total. The van der Waals surface area contributed by atoms with Gasteiger partial charge in [0.05, 0.1) is 32.2 Å². The molecular formula is C17H23NO5. The Bertz CT molecular complexity index is 542. The van der Waals surface area contributed by atoms with Gasteiger partial charge in [-0.3, -0.25) is 9.59 Å². The van der Waals surface area contributed by atoms with Gasteiger partial charge in [0, 0.05) is 13.1 Å². The monoisotopic (exact) mass is 321 g/mol. The van der Waals surface area contributed by atoms with E-state index in [1.807, 2.05) is 31.2 Å². The van der Waals surface area contributed by atoms with Gasteiger partial charge in [0.1, 0.15) is 5.75 Å². The highest BCUT2D eigenvalue weighted by Crippen LogP contribution is 2.25. The Balaban J connectivity index is 2.07. The molecule has 2 atom stereocenters. The van der Waals surface area contributed by atoms with Crippen molar-refractivity contribution in [1.29, 1.82) is 0 Å². The van der Waals surface area contributed by atoms with E-state index in [1.54, 1.807) is 12.0 Å². The molecule has 0 aromatic heterocycles. The van der Waals surface area contributed by atoms with Crippen molar-refractivity contribution in [1.82, 2.24) is 4.90 Å². The largest absolute Gasteiger partial charge is 0.497 e. The standard InChI is InChI=1S/C17H23NO5/c1-3-15(12-4-6-13(22-2)7-5-12)17(21)18-8-9-23-14(11-18)10-16(19)20/h4-7,14-15H,3,8-11H2,1-2H3,(H,19,20). The maximum Gasteiger partial charge on any atom is 0.306 e. The van der Waals surface area contributed by atoms with Crippen molar-refractivity contribution >= 4 is 11.9 Å². The third-order valence-electron chi connectivity index (χ3n) is 4.08. The average Bonchev–Trinajstić information content (AvgIpc) is 2.55. The Morgan fingerprint density at radius 3 is 2.65 bits per heavy atom. The average molecular weight is 321 g/mol. The zero-order chi connectivity index (χ0) is 16.8. The molecule has 126 valence electrons. The van der Waals surface area contributed by atoms with Crippen LogP contribution in [-0.4, -0.2) is 54.8 Å². The number of morpholine rings is 1. The second kappa shape index (κ2) is 7.97. The number of benzene rings is 1. The van der Waals surface area contributed by atoms with Crippen LogP contribution in [-0.2, 0) is 14.3 Å². The summed E-state index contributed by atoms with van der Waals surface area (Å²) in [5.74, 6) is -0.365. The minimum Gasteiger partial charge on any atom is -0.497 e. The van der Waals surface area contributed by atoms with E-state index in [0.717, 1.165) is 11.3 Å². The van der Waals surface area contributed by atoms with Crippen LogP contribution in [0.3, 0.4) is 0 Å². The maximum atomic E-state index is 12.8. The van der Waals surface area contributed by atoms with Crippen molar-refractivity contribution in [2.75, 3.05) is 26.8 Å². The summed E-state index contributed by atoms with van der Waals surface area (Å²) in [4.78, 5) is 25.3. The smallest absolute Gasteiger partial charge is 0.306 e. The highest BCUT2D eigenvalue weighted by Gasteiger charge is 2.30. The molecule has 6 heteroatoms. The van der Waals surface area contributed by atoms with E-state index in [0.29, 0.717) is 26.1 Å². The Kier molecular flexibility index (Phi) is 5.98. The number of ether oxygens (including phenoxy) is 2. The fraction of sp³-hybridized carbons (Fsp3) is 0.529. The molecule has 0 saturated carbocycles. The van der Waals surface area contributed by atoms with Gasteiger partial charge < -0.3 is 19.5 Å². The van der Waals surface area contributed by atoms with E-state index in [4.69, 9.17) is 14.6 Å². The maximum absolute atomic E-state index is 12.8. The lowest BCUT2D eigenvalue weighted by atomic mass is 9.94. The predicted molar refractivity (Wildman–Crippen MR) is 84.6 cm³/mol. The summed E-state index contributed by atoms with van der Waals surface area (Å²) in [5, 5.41) is 8.88. The number of hydrogen-bond donors (Lipinski definition) is 1. The third-order valence-corrected chi connectivity index (χ3v) is 4.08. The third kappa shape index (κ3) is 4.45. The Morgan fingerprint density at radius 2 is 2.09 bits per heavy atom. The van der Waals surface area contributed by atoms with Gasteiger partial charge in [-0.1, -0.05) is 19.1 Å². The van der Waals surface area contributed by atoms with E-state index in [-0.39, 0.29) is 18.2 Å². The number of rotatable bonds is 6. The number of carbonyl (C=O) groups excluding carboxylic acids is 1. The van der Waals surface area contributed by atoms with Crippen LogP contribution in [0.5, 0.6) is 5.75 Å². The molecule has 23 heavy (non-hydrogen) atoms. The van der Waals surface area contributed by atoms with Gasteiger partial charge in [-0.15, -0.1) is 0 Å². The van der Waals surface area contributed by atoms with Gasteiger partial charge in [-0.2, -0.15) is 0 Å². The lowest BCUT2D eigenvalue weighted by molar-refractivity contribution is -0.148. The lowest BCUT2D eigenvalue weighted by Crippen LogP contribution is -2.47. The van der Waals surface area contributed by atoms with Crippen LogP contribution in [0.1, 0.15) is 31.2 Å². The van der Waals surface area contributed by atoms with Crippen LogP contribution in [0.15, 0.2) is 24.3 Å². The quantitative estimate of drug-likeness (QED) is 0.866. The van der Waals surface area contributed by atoms with Crippen molar-refractivity contribution in [3.63, 3.8) is 0 Å². The van der Waals surface area contributed by atoms with Gasteiger partial charge in [0.15, 0.2) is 0 Å². The molecule has 0 aliphatic carbocycles. The molecule has 0 radical (unpaired) electrons. The van der Waals surface area contributed by atoms with Gasteiger partial charge in [-0.05, 0) is 24.1 Å². The Labute approximate surface area is 136 Å². The van der Waals surface area contributed by atoms with E-state index in [1.165, 1.54) is 0 Å². The number of methoxy groups -OCH3 is 1. The van der Waals surface area contributed by atoms with Crippen LogP contribution in [0.2, 0.25) is 0 Å². The molecule has 2 rings (SSSR count). The Hall–Kier alpha value is -2.08. The minimum atomic E-state index is -0.911. The molecule has 1 aliphatic rings. The first-order valence-corrected chi connectivity index (χ1v) is 7.81. The molecular weight excluding hydrogens is 298 g/mol. The Morgan fingerprint density at radius 1 is 1.39 bits per heavy atom. The second-order valence-corrected chi connectivity index (χ2v) is 5.61. The molecule has 1 heterocycles. The fourth-order valence-electron chi connectivity index (χ4n) is 2.85. The van der Waals surface area contributed by atoms with Gasteiger partial charge in [0.25, 0.3) is 0 Å². The molecule has 1 aromatic carbocycles. The molecule has 1 N–H and O–H groups in total. The highest BCUT2D eigenvalue weighted by molar-refractivity contribution is 5.84. The summed E-state index contributed by atoms with van der Waals surface area (Å²) in [6, 6.07) is 7.50. The van der Waals surface area contributed by atoms with Gasteiger partial charge >= 0.3 is 5.97 Å². The van der Waals surface area contributed by atoms with E-state index >= 15 is 0 Å². The first-order chi connectivity index (χ1) is 11.0. The first-order valence-electron chi connectivity index (χ1n) is 7.81. The van der Waals surface area contributed by atoms with Crippen molar-refractivity contribution in [2.45, 2.75) is 31.8 Å². The van der Waals surface area contributed by atoms with E-state index in [9.17, 15) is 9.59 Å². The SMILES string of the molecule is CCC(C(=O)N1CCOC(CC(=O)O)C1)c1ccc(OC)cc1. The predicted octanol–water partition coefficient (Wildman–Crippen LogP) is 1.89. The molecule has 0 bridgehead atoms. The topological polar surface area (TPSA) is 76.1 Å². The summed E-state index contributed by atoms with van der Waals surface area (Å²) >= 11 is 0. The summed E-state index contributed by atoms with van der Waals surface area (Å²) in [7, 11) is 1.60. The van der Waals surface area contributed by atoms with Gasteiger partial charge in [-0.25, -0.2) is 0 Å². The molecule has 1 fully saturated rings. The van der Waals surface area contributed by atoms with Crippen LogP contribution in [0.4, 0.5) is 0 Å². The number of carboxylic acid groups (broad SMARTS) is 1. The molecule has 1 saturated heterocycles. The van der Waals surface area contributed by atoms with Crippen molar-refractivity contribution in [3.05, 3.63) is 29.8 Å². The van der Waals surface area contributed by atoms with Crippen molar-refractivity contribution in [3.8, 4) is 5.75 Å². The number of amides is 1. The van der Waals surface area contributed by atoms with Crippen LogP contribution >= 0.6 is 0 Å². The first kappa shape index (κ1) is 17.3. The number of nitrogens with zero attached hydrogens (tertiary/aromatic N) is 1. The lowest BCUT2D eigenvalue weighted by Gasteiger charge is -2.34. The second-order valence-electron chi connectivity index (χ2n) is 5.61. The summed E-state index contributed by atoms with van der Waals surface area (Å²) in [5.41, 5.74) is 0.944. The summed E-state index contributed by atoms with van der Waals surface area (Å²) in [6.07, 6.45) is 0.174. The van der Waals surface area contributed by atoms with Crippen LogP contribution < -0.4 is 4.74 Å².